The van der Waals surface area contributed by atoms with Gasteiger partial charge in [-0.1, -0.05) is 59.6 Å². The van der Waals surface area contributed by atoms with Crippen molar-refractivity contribution in [3.63, 3.8) is 0 Å². The normalized spacial score (nSPS) is 10.8. The predicted molar refractivity (Wildman–Crippen MR) is 88.6 cm³/mol. The number of ketones is 1. The van der Waals surface area contributed by atoms with Crippen LogP contribution in [0.3, 0.4) is 0 Å². The first-order valence-electron chi connectivity index (χ1n) is 6.56. The number of carbonyl (C=O) groups is 1. The van der Waals surface area contributed by atoms with E-state index in [-0.39, 0.29) is 5.78 Å². The van der Waals surface area contributed by atoms with E-state index < -0.39 is 0 Å². The standard InChI is InChI=1S/C18H12Cl2O/c1-11-6-8-15(14-5-3-2-4-13(11)14)18(21)16-10-12(19)7-9-17(16)20/h2-10H,1H3. The lowest BCUT2D eigenvalue weighted by Crippen LogP contribution is -2.03. The van der Waals surface area contributed by atoms with Crippen molar-refractivity contribution in [2.24, 2.45) is 0 Å². The summed E-state index contributed by atoms with van der Waals surface area (Å²) < 4.78 is 0. The maximum atomic E-state index is 12.8. The third-order valence-corrected chi connectivity index (χ3v) is 4.12. The largest absolute Gasteiger partial charge is 0.289 e. The maximum Gasteiger partial charge on any atom is 0.195 e. The van der Waals surface area contributed by atoms with Crippen LogP contribution in [0.5, 0.6) is 0 Å². The fraction of sp³-hybridized carbons (Fsp3) is 0.0556. The lowest BCUT2D eigenvalue weighted by molar-refractivity contribution is 0.104. The number of aryl methyl sites for hydroxylation is 1. The van der Waals surface area contributed by atoms with Crippen molar-refractivity contribution in [3.05, 3.63) is 81.3 Å². The van der Waals surface area contributed by atoms with Crippen LogP contribution in [0.4, 0.5) is 0 Å². The molecule has 0 aromatic heterocycles. The van der Waals surface area contributed by atoms with E-state index in [9.17, 15) is 4.79 Å². The Morgan fingerprint density at radius 2 is 1.57 bits per heavy atom. The monoisotopic (exact) mass is 314 g/mol. The Labute approximate surface area is 133 Å². The molecule has 0 atom stereocenters. The molecule has 0 bridgehead atoms. The van der Waals surface area contributed by atoms with Gasteiger partial charge < -0.3 is 0 Å². The number of hydrogen-bond acceptors (Lipinski definition) is 1. The molecule has 3 heteroatoms. The molecule has 0 aliphatic carbocycles. The van der Waals surface area contributed by atoms with E-state index in [2.05, 4.69) is 0 Å². The summed E-state index contributed by atoms with van der Waals surface area (Å²) in [6, 6.07) is 16.6. The van der Waals surface area contributed by atoms with Crippen molar-refractivity contribution < 1.29 is 4.79 Å². The van der Waals surface area contributed by atoms with Crippen molar-refractivity contribution >= 4 is 39.8 Å². The van der Waals surface area contributed by atoms with Crippen molar-refractivity contribution in [2.75, 3.05) is 0 Å². The smallest absolute Gasteiger partial charge is 0.195 e. The summed E-state index contributed by atoms with van der Waals surface area (Å²) in [5, 5.41) is 2.91. The first kappa shape index (κ1) is 14.1. The van der Waals surface area contributed by atoms with Gasteiger partial charge in [0.25, 0.3) is 0 Å². The summed E-state index contributed by atoms with van der Waals surface area (Å²) >= 11 is 12.1. The number of halogens is 2. The molecule has 0 aliphatic heterocycles. The third kappa shape index (κ3) is 2.55. The maximum absolute atomic E-state index is 12.8. The molecule has 1 nitrogen and oxygen atoms in total. The molecule has 0 aliphatic rings. The molecule has 0 N–H and O–H groups in total. The average molecular weight is 315 g/mol. The Bertz CT molecular complexity index is 853. The molecule has 0 heterocycles. The fourth-order valence-electron chi connectivity index (χ4n) is 2.46. The van der Waals surface area contributed by atoms with Gasteiger partial charge in [-0.2, -0.15) is 0 Å². The second kappa shape index (κ2) is 5.51. The molecule has 3 aromatic carbocycles. The van der Waals surface area contributed by atoms with Crippen molar-refractivity contribution in [1.82, 2.24) is 0 Å². The average Bonchev–Trinajstić information content (AvgIpc) is 2.50. The van der Waals surface area contributed by atoms with Gasteiger partial charge in [-0.3, -0.25) is 4.79 Å². The SMILES string of the molecule is Cc1ccc(C(=O)c2cc(Cl)ccc2Cl)c2ccccc12. The molecule has 0 spiro atoms. The highest BCUT2D eigenvalue weighted by molar-refractivity contribution is 6.37. The Kier molecular flexibility index (Phi) is 3.71. The minimum Gasteiger partial charge on any atom is -0.289 e. The molecule has 3 rings (SSSR count). The minimum absolute atomic E-state index is 0.112. The van der Waals surface area contributed by atoms with Crippen LogP contribution in [0.1, 0.15) is 21.5 Å². The van der Waals surface area contributed by atoms with Gasteiger partial charge in [0, 0.05) is 16.1 Å². The predicted octanol–water partition coefficient (Wildman–Crippen LogP) is 5.69. The highest BCUT2D eigenvalue weighted by Crippen LogP contribution is 2.28. The number of fused-ring (bicyclic) bond motifs is 1. The van der Waals surface area contributed by atoms with Gasteiger partial charge in [0.15, 0.2) is 5.78 Å². The van der Waals surface area contributed by atoms with E-state index in [1.54, 1.807) is 18.2 Å². The van der Waals surface area contributed by atoms with E-state index in [1.165, 1.54) is 0 Å². The number of carbonyl (C=O) groups excluding carboxylic acids is 1. The van der Waals surface area contributed by atoms with Crippen LogP contribution in [-0.2, 0) is 0 Å². The minimum atomic E-state index is -0.112. The zero-order valence-corrected chi connectivity index (χ0v) is 12.9. The van der Waals surface area contributed by atoms with Gasteiger partial charge in [0.1, 0.15) is 0 Å². The highest BCUT2D eigenvalue weighted by atomic mass is 35.5. The Morgan fingerprint density at radius 3 is 2.33 bits per heavy atom. The molecule has 0 saturated heterocycles. The van der Waals surface area contributed by atoms with E-state index >= 15 is 0 Å². The molecule has 0 saturated carbocycles. The van der Waals surface area contributed by atoms with E-state index in [0.29, 0.717) is 21.2 Å². The lowest BCUT2D eigenvalue weighted by Gasteiger charge is -2.09. The van der Waals surface area contributed by atoms with E-state index in [1.807, 2.05) is 43.3 Å². The molecular weight excluding hydrogens is 303 g/mol. The molecular formula is C18H12Cl2O. The molecule has 3 aromatic rings. The lowest BCUT2D eigenvalue weighted by atomic mass is 9.95. The Hall–Kier alpha value is -1.83. The van der Waals surface area contributed by atoms with Crippen molar-refractivity contribution in [3.8, 4) is 0 Å². The molecule has 0 radical (unpaired) electrons. The van der Waals surface area contributed by atoms with Crippen LogP contribution in [0.2, 0.25) is 10.0 Å². The zero-order valence-electron chi connectivity index (χ0n) is 11.4. The summed E-state index contributed by atoms with van der Waals surface area (Å²) in [6.45, 7) is 2.03. The van der Waals surface area contributed by atoms with Gasteiger partial charge in [0.05, 0.1) is 5.02 Å². The number of rotatable bonds is 2. The molecule has 104 valence electrons. The fourth-order valence-corrected chi connectivity index (χ4v) is 2.84. The second-order valence-electron chi connectivity index (χ2n) is 4.93. The van der Waals surface area contributed by atoms with Crippen LogP contribution in [0.25, 0.3) is 10.8 Å². The topological polar surface area (TPSA) is 17.1 Å². The molecule has 0 amide bonds. The van der Waals surface area contributed by atoms with Gasteiger partial charge >= 0.3 is 0 Å². The van der Waals surface area contributed by atoms with Crippen LogP contribution in [0.15, 0.2) is 54.6 Å². The summed E-state index contributed by atoms with van der Waals surface area (Å²) in [5.74, 6) is -0.112. The molecule has 21 heavy (non-hydrogen) atoms. The highest BCUT2D eigenvalue weighted by Gasteiger charge is 2.16. The van der Waals surface area contributed by atoms with Gasteiger partial charge in [-0.15, -0.1) is 0 Å². The van der Waals surface area contributed by atoms with E-state index in [0.717, 1.165) is 16.3 Å². The summed E-state index contributed by atoms with van der Waals surface area (Å²) in [5.41, 5.74) is 2.21. The quantitative estimate of drug-likeness (QED) is 0.556. The van der Waals surface area contributed by atoms with Crippen LogP contribution in [0, 0.1) is 6.92 Å². The first-order valence-corrected chi connectivity index (χ1v) is 7.31. The van der Waals surface area contributed by atoms with Crippen LogP contribution in [-0.4, -0.2) is 5.78 Å². The van der Waals surface area contributed by atoms with Crippen LogP contribution >= 0.6 is 23.2 Å². The molecule has 0 unspecified atom stereocenters. The zero-order chi connectivity index (χ0) is 15.0. The third-order valence-electron chi connectivity index (χ3n) is 3.56. The Morgan fingerprint density at radius 1 is 0.857 bits per heavy atom. The number of hydrogen-bond donors (Lipinski definition) is 0. The van der Waals surface area contributed by atoms with Gasteiger partial charge in [-0.25, -0.2) is 0 Å². The van der Waals surface area contributed by atoms with Crippen molar-refractivity contribution in [1.29, 1.82) is 0 Å². The first-order chi connectivity index (χ1) is 10.1. The summed E-state index contributed by atoms with van der Waals surface area (Å²) in [6.07, 6.45) is 0. The molecule has 0 fully saturated rings. The van der Waals surface area contributed by atoms with Crippen LogP contribution < -0.4 is 0 Å². The van der Waals surface area contributed by atoms with Crippen molar-refractivity contribution in [2.45, 2.75) is 6.92 Å². The van der Waals surface area contributed by atoms with Gasteiger partial charge in [-0.05, 0) is 41.5 Å². The number of benzene rings is 3. The summed E-state index contributed by atoms with van der Waals surface area (Å²) in [7, 11) is 0. The second-order valence-corrected chi connectivity index (χ2v) is 5.77. The van der Waals surface area contributed by atoms with E-state index in [4.69, 9.17) is 23.2 Å². The summed E-state index contributed by atoms with van der Waals surface area (Å²) in [4.78, 5) is 12.8. The van der Waals surface area contributed by atoms with Gasteiger partial charge in [0.2, 0.25) is 0 Å². The Balaban J connectivity index is 2.23.